The van der Waals surface area contributed by atoms with Gasteiger partial charge >= 0.3 is 0 Å². The Labute approximate surface area is 123 Å². The van der Waals surface area contributed by atoms with Gasteiger partial charge in [-0.25, -0.2) is 0 Å². The van der Waals surface area contributed by atoms with Gasteiger partial charge in [-0.3, -0.25) is 10.5 Å². The van der Waals surface area contributed by atoms with Crippen LogP contribution >= 0.6 is 0 Å². The van der Waals surface area contributed by atoms with Gasteiger partial charge in [-0.05, 0) is 38.0 Å². The summed E-state index contributed by atoms with van der Waals surface area (Å²) in [7, 11) is 0. The highest BCUT2D eigenvalue weighted by Crippen LogP contribution is 2.38. The molecule has 0 bridgehead atoms. The van der Waals surface area contributed by atoms with Crippen LogP contribution in [0.1, 0.15) is 24.5 Å². The third kappa shape index (κ3) is 2.17. The van der Waals surface area contributed by atoms with E-state index in [1.165, 1.54) is 6.26 Å². The molecule has 108 valence electrons. The summed E-state index contributed by atoms with van der Waals surface area (Å²) < 4.78 is 11.1. The SMILES string of the molecule is CC1=C(c2cccc(C)c2)C(=O)C(N)(C2=CCC=CO2)O1. The Kier molecular flexibility index (Phi) is 3.18. The summed E-state index contributed by atoms with van der Waals surface area (Å²) in [5.74, 6) is 0.594. The van der Waals surface area contributed by atoms with Crippen molar-refractivity contribution in [2.45, 2.75) is 26.0 Å². The zero-order valence-electron chi connectivity index (χ0n) is 12.1. The maximum Gasteiger partial charge on any atom is 0.280 e. The summed E-state index contributed by atoms with van der Waals surface area (Å²) in [6, 6.07) is 7.72. The first-order valence-corrected chi connectivity index (χ1v) is 6.85. The van der Waals surface area contributed by atoms with Crippen LogP contribution in [0.2, 0.25) is 0 Å². The molecule has 0 saturated carbocycles. The van der Waals surface area contributed by atoms with Gasteiger partial charge in [0.2, 0.25) is 5.78 Å². The van der Waals surface area contributed by atoms with Crippen molar-refractivity contribution in [3.05, 3.63) is 65.3 Å². The predicted molar refractivity (Wildman–Crippen MR) is 79.7 cm³/mol. The van der Waals surface area contributed by atoms with E-state index in [1.807, 2.05) is 37.3 Å². The van der Waals surface area contributed by atoms with Crippen molar-refractivity contribution in [1.82, 2.24) is 0 Å². The average Bonchev–Trinajstić information content (AvgIpc) is 2.71. The van der Waals surface area contributed by atoms with Gasteiger partial charge in [0.15, 0.2) is 5.76 Å². The molecule has 0 amide bonds. The lowest BCUT2D eigenvalue weighted by atomic mass is 9.94. The number of aryl methyl sites for hydroxylation is 1. The molecule has 0 radical (unpaired) electrons. The van der Waals surface area contributed by atoms with Crippen LogP contribution < -0.4 is 5.73 Å². The fraction of sp³-hybridized carbons (Fsp3) is 0.235. The molecule has 0 fully saturated rings. The number of hydrogen-bond donors (Lipinski definition) is 1. The van der Waals surface area contributed by atoms with Crippen molar-refractivity contribution in [3.63, 3.8) is 0 Å². The topological polar surface area (TPSA) is 61.6 Å². The number of ether oxygens (including phenoxy) is 2. The first-order chi connectivity index (χ1) is 10.0. The minimum atomic E-state index is -1.56. The van der Waals surface area contributed by atoms with Crippen LogP contribution in [-0.4, -0.2) is 11.5 Å². The van der Waals surface area contributed by atoms with Crippen molar-refractivity contribution >= 4 is 11.4 Å². The number of rotatable bonds is 2. The van der Waals surface area contributed by atoms with Crippen LogP contribution in [0.5, 0.6) is 0 Å². The van der Waals surface area contributed by atoms with Crippen LogP contribution in [0.25, 0.3) is 5.57 Å². The molecule has 1 aromatic rings. The minimum absolute atomic E-state index is 0.271. The normalized spacial score (nSPS) is 24.7. The molecule has 1 unspecified atom stereocenters. The number of nitrogens with two attached hydrogens (primary N) is 1. The van der Waals surface area contributed by atoms with E-state index in [1.54, 1.807) is 13.0 Å². The smallest absolute Gasteiger partial charge is 0.280 e. The van der Waals surface area contributed by atoms with Crippen LogP contribution in [0.3, 0.4) is 0 Å². The molecule has 0 spiro atoms. The summed E-state index contributed by atoms with van der Waals surface area (Å²) in [4.78, 5) is 12.8. The molecule has 1 aromatic carbocycles. The monoisotopic (exact) mass is 283 g/mol. The minimum Gasteiger partial charge on any atom is -0.464 e. The summed E-state index contributed by atoms with van der Waals surface area (Å²) >= 11 is 0. The molecule has 4 heteroatoms. The van der Waals surface area contributed by atoms with Gasteiger partial charge in [0, 0.05) is 0 Å². The Morgan fingerprint density at radius 3 is 2.76 bits per heavy atom. The zero-order valence-corrected chi connectivity index (χ0v) is 12.1. The van der Waals surface area contributed by atoms with Gasteiger partial charge in [-0.1, -0.05) is 29.8 Å². The lowest BCUT2D eigenvalue weighted by Gasteiger charge is -2.26. The molecule has 0 saturated heterocycles. The third-order valence-electron chi connectivity index (χ3n) is 3.63. The summed E-state index contributed by atoms with van der Waals surface area (Å²) in [6.07, 6.45) is 5.81. The molecule has 1 atom stereocenters. The first kappa shape index (κ1) is 13.6. The summed E-state index contributed by atoms with van der Waals surface area (Å²) in [6.45, 7) is 3.73. The van der Waals surface area contributed by atoms with Crippen molar-refractivity contribution in [2.75, 3.05) is 0 Å². The average molecular weight is 283 g/mol. The summed E-state index contributed by atoms with van der Waals surface area (Å²) in [5.41, 5.74) is 7.04. The molecule has 2 heterocycles. The van der Waals surface area contributed by atoms with E-state index in [0.29, 0.717) is 23.5 Å². The Morgan fingerprint density at radius 1 is 1.29 bits per heavy atom. The van der Waals surface area contributed by atoms with Gasteiger partial charge in [-0.2, -0.15) is 0 Å². The standard InChI is InChI=1S/C17H17NO3/c1-11-6-5-7-13(10-11)15-12(2)21-17(18,16(15)19)14-8-3-4-9-20-14/h4-10H,3,18H2,1-2H3. The van der Waals surface area contributed by atoms with Crippen molar-refractivity contribution in [2.24, 2.45) is 5.73 Å². The molecule has 21 heavy (non-hydrogen) atoms. The second-order valence-electron chi connectivity index (χ2n) is 5.26. The number of carbonyl (C=O) groups excluding carboxylic acids is 1. The van der Waals surface area contributed by atoms with E-state index < -0.39 is 5.72 Å². The molecular formula is C17H17NO3. The van der Waals surface area contributed by atoms with E-state index in [2.05, 4.69) is 0 Å². The van der Waals surface area contributed by atoms with Crippen LogP contribution in [0, 0.1) is 6.92 Å². The highest BCUT2D eigenvalue weighted by atomic mass is 16.6. The van der Waals surface area contributed by atoms with Gasteiger partial charge in [0.1, 0.15) is 5.76 Å². The highest BCUT2D eigenvalue weighted by Gasteiger charge is 2.50. The Hall–Kier alpha value is -2.33. The molecule has 3 rings (SSSR count). The van der Waals surface area contributed by atoms with E-state index in [-0.39, 0.29) is 5.78 Å². The number of Topliss-reactive ketones (excluding diaryl/α,β-unsaturated/α-hetero) is 1. The van der Waals surface area contributed by atoms with Gasteiger partial charge < -0.3 is 9.47 Å². The van der Waals surface area contributed by atoms with Gasteiger partial charge in [-0.15, -0.1) is 0 Å². The number of allylic oxidation sites excluding steroid dienone is 3. The van der Waals surface area contributed by atoms with E-state index in [9.17, 15) is 4.79 Å². The van der Waals surface area contributed by atoms with Crippen molar-refractivity contribution < 1.29 is 14.3 Å². The fourth-order valence-corrected chi connectivity index (χ4v) is 2.62. The number of carbonyl (C=O) groups is 1. The molecule has 2 N–H and O–H groups in total. The van der Waals surface area contributed by atoms with Crippen LogP contribution in [0.15, 0.2) is 54.2 Å². The van der Waals surface area contributed by atoms with E-state index in [4.69, 9.17) is 15.2 Å². The Morgan fingerprint density at radius 2 is 2.10 bits per heavy atom. The quantitative estimate of drug-likeness (QED) is 0.906. The largest absolute Gasteiger partial charge is 0.464 e. The van der Waals surface area contributed by atoms with Crippen molar-refractivity contribution in [1.29, 1.82) is 0 Å². The number of hydrogen-bond acceptors (Lipinski definition) is 4. The second-order valence-corrected chi connectivity index (χ2v) is 5.26. The fourth-order valence-electron chi connectivity index (χ4n) is 2.62. The van der Waals surface area contributed by atoms with Crippen LogP contribution in [-0.2, 0) is 14.3 Å². The maximum absolute atomic E-state index is 12.8. The lowest BCUT2D eigenvalue weighted by Crippen LogP contribution is -2.49. The molecule has 2 aliphatic heterocycles. The number of benzene rings is 1. The first-order valence-electron chi connectivity index (χ1n) is 6.85. The molecular weight excluding hydrogens is 266 g/mol. The molecule has 2 aliphatic rings. The van der Waals surface area contributed by atoms with Gasteiger partial charge in [0.05, 0.1) is 11.8 Å². The summed E-state index contributed by atoms with van der Waals surface area (Å²) in [5, 5.41) is 0. The maximum atomic E-state index is 12.8. The molecule has 4 nitrogen and oxygen atoms in total. The second kappa shape index (κ2) is 4.90. The lowest BCUT2D eigenvalue weighted by molar-refractivity contribution is -0.128. The van der Waals surface area contributed by atoms with Gasteiger partial charge in [0.25, 0.3) is 5.72 Å². The molecule has 0 aliphatic carbocycles. The predicted octanol–water partition coefficient (Wildman–Crippen LogP) is 2.80. The van der Waals surface area contributed by atoms with Crippen molar-refractivity contribution in [3.8, 4) is 0 Å². The third-order valence-corrected chi connectivity index (χ3v) is 3.63. The van der Waals surface area contributed by atoms with E-state index >= 15 is 0 Å². The Balaban J connectivity index is 1.99. The van der Waals surface area contributed by atoms with Crippen LogP contribution in [0.4, 0.5) is 0 Å². The zero-order chi connectivity index (χ0) is 15.0. The number of ketones is 1. The Bertz CT molecular complexity index is 700. The highest BCUT2D eigenvalue weighted by molar-refractivity contribution is 6.27. The molecule has 0 aromatic heterocycles. The van der Waals surface area contributed by atoms with E-state index in [0.717, 1.165) is 11.1 Å².